The van der Waals surface area contributed by atoms with Gasteiger partial charge in [0.15, 0.2) is 6.61 Å². The van der Waals surface area contributed by atoms with E-state index in [2.05, 4.69) is 35.0 Å². The van der Waals surface area contributed by atoms with Crippen LogP contribution in [0.2, 0.25) is 0 Å². The number of imidazole rings is 1. The van der Waals surface area contributed by atoms with Crippen LogP contribution >= 0.6 is 0 Å². The molecule has 5 nitrogen and oxygen atoms in total. The summed E-state index contributed by atoms with van der Waals surface area (Å²) in [6.07, 6.45) is 5.17. The van der Waals surface area contributed by atoms with Gasteiger partial charge in [-0.2, -0.15) is 0 Å². The minimum absolute atomic E-state index is 0.0606. The number of para-hydroxylation sites is 3. The van der Waals surface area contributed by atoms with Crippen LogP contribution in [0.4, 0.5) is 0 Å². The molecule has 0 atom stereocenters. The van der Waals surface area contributed by atoms with Gasteiger partial charge in [-0.25, -0.2) is 4.98 Å². The van der Waals surface area contributed by atoms with Gasteiger partial charge in [-0.15, -0.1) is 0 Å². The zero-order chi connectivity index (χ0) is 19.6. The lowest BCUT2D eigenvalue weighted by Crippen LogP contribution is -2.29. The third-order valence-electron chi connectivity index (χ3n) is 4.69. The first kappa shape index (κ1) is 19.9. The molecule has 148 valence electrons. The molecule has 0 unspecified atom stereocenters. The number of carbonyl (C=O) groups excluding carboxylic acids is 1. The van der Waals surface area contributed by atoms with Gasteiger partial charge >= 0.3 is 0 Å². The van der Waals surface area contributed by atoms with Crippen LogP contribution in [0.15, 0.2) is 54.6 Å². The third-order valence-corrected chi connectivity index (χ3v) is 4.69. The van der Waals surface area contributed by atoms with Crippen LogP contribution in [0.25, 0.3) is 11.0 Å². The van der Waals surface area contributed by atoms with E-state index in [1.165, 1.54) is 11.3 Å². The van der Waals surface area contributed by atoms with E-state index in [0.717, 1.165) is 44.2 Å². The van der Waals surface area contributed by atoms with Crippen molar-refractivity contribution in [2.75, 3.05) is 13.2 Å². The van der Waals surface area contributed by atoms with Gasteiger partial charge in [0, 0.05) is 19.5 Å². The summed E-state index contributed by atoms with van der Waals surface area (Å²) in [5.74, 6) is 1.81. The lowest BCUT2D eigenvalue weighted by molar-refractivity contribution is -0.123. The summed E-state index contributed by atoms with van der Waals surface area (Å²) in [4.78, 5) is 16.6. The van der Waals surface area contributed by atoms with Crippen LogP contribution in [0.1, 0.15) is 38.4 Å². The van der Waals surface area contributed by atoms with Crippen LogP contribution in [-0.4, -0.2) is 28.6 Å². The number of nitrogens with zero attached hydrogens (tertiary/aromatic N) is 2. The largest absolute Gasteiger partial charge is 0.484 e. The second-order valence-corrected chi connectivity index (χ2v) is 6.93. The van der Waals surface area contributed by atoms with Crippen molar-refractivity contribution in [3.05, 3.63) is 60.4 Å². The maximum absolute atomic E-state index is 11.8. The number of amides is 1. The summed E-state index contributed by atoms with van der Waals surface area (Å²) in [6, 6.07) is 17.7. The van der Waals surface area contributed by atoms with Crippen LogP contribution in [-0.2, 0) is 17.8 Å². The maximum atomic E-state index is 11.8. The van der Waals surface area contributed by atoms with Gasteiger partial charge in [0.2, 0.25) is 0 Å². The Balaban J connectivity index is 1.35. The number of unbranched alkanes of at least 4 members (excludes halogenated alkanes) is 2. The topological polar surface area (TPSA) is 56.2 Å². The summed E-state index contributed by atoms with van der Waals surface area (Å²) in [5.41, 5.74) is 2.31. The number of carbonyl (C=O) groups is 1. The number of rotatable bonds is 11. The predicted octanol–water partition coefficient (Wildman–Crippen LogP) is 4.35. The number of nitrogens with one attached hydrogen (secondary N) is 1. The van der Waals surface area contributed by atoms with Gasteiger partial charge in [-0.1, -0.05) is 43.7 Å². The van der Waals surface area contributed by atoms with Crippen molar-refractivity contribution in [2.45, 2.75) is 45.6 Å². The molecule has 0 bridgehead atoms. The van der Waals surface area contributed by atoms with Crippen LogP contribution < -0.4 is 10.1 Å². The first-order valence-electron chi connectivity index (χ1n) is 10.2. The number of hydrogen-bond donors (Lipinski definition) is 1. The maximum Gasteiger partial charge on any atom is 0.257 e. The molecular weight excluding hydrogens is 350 g/mol. The lowest BCUT2D eigenvalue weighted by Gasteiger charge is -2.08. The Morgan fingerprint density at radius 2 is 1.82 bits per heavy atom. The second-order valence-electron chi connectivity index (χ2n) is 6.93. The highest BCUT2D eigenvalue weighted by Crippen LogP contribution is 2.18. The molecule has 0 aliphatic rings. The molecule has 0 radical (unpaired) electrons. The van der Waals surface area contributed by atoms with Crippen molar-refractivity contribution in [3.8, 4) is 5.75 Å². The van der Waals surface area contributed by atoms with Crippen molar-refractivity contribution < 1.29 is 9.53 Å². The van der Waals surface area contributed by atoms with Gasteiger partial charge in [0.1, 0.15) is 11.6 Å². The number of hydrogen-bond acceptors (Lipinski definition) is 3. The first-order valence-corrected chi connectivity index (χ1v) is 10.2. The molecule has 1 aromatic heterocycles. The first-order chi connectivity index (χ1) is 13.8. The number of ether oxygens (including phenoxy) is 1. The Bertz CT molecular complexity index is 874. The number of aromatic nitrogens is 2. The van der Waals surface area contributed by atoms with Crippen molar-refractivity contribution in [1.29, 1.82) is 0 Å². The summed E-state index contributed by atoms with van der Waals surface area (Å²) >= 11 is 0. The quantitative estimate of drug-likeness (QED) is 0.504. The highest BCUT2D eigenvalue weighted by atomic mass is 16.5. The van der Waals surface area contributed by atoms with Crippen molar-refractivity contribution in [2.24, 2.45) is 0 Å². The average Bonchev–Trinajstić information content (AvgIpc) is 3.07. The zero-order valence-electron chi connectivity index (χ0n) is 16.6. The number of fused-ring (bicyclic) bond motifs is 1. The Morgan fingerprint density at radius 3 is 2.64 bits per heavy atom. The SMILES string of the molecule is CCCn1c(CCCCCNC(=O)COc2ccccc2)nc2ccccc21. The van der Waals surface area contributed by atoms with E-state index >= 15 is 0 Å². The number of benzene rings is 2. The molecule has 0 saturated carbocycles. The molecule has 28 heavy (non-hydrogen) atoms. The Kier molecular flexibility index (Phi) is 7.47. The van der Waals surface area contributed by atoms with Crippen molar-refractivity contribution >= 4 is 16.9 Å². The van der Waals surface area contributed by atoms with Crippen LogP contribution in [0.3, 0.4) is 0 Å². The summed E-state index contributed by atoms with van der Waals surface area (Å²) in [6.45, 7) is 3.95. The normalized spacial score (nSPS) is 10.9. The molecule has 3 rings (SSSR count). The summed E-state index contributed by atoms with van der Waals surface area (Å²) in [5, 5.41) is 2.92. The fraction of sp³-hybridized carbons (Fsp3) is 0.391. The molecule has 1 amide bonds. The molecule has 5 heteroatoms. The Hall–Kier alpha value is -2.82. The predicted molar refractivity (Wildman–Crippen MR) is 113 cm³/mol. The second kappa shape index (κ2) is 10.5. The average molecular weight is 380 g/mol. The summed E-state index contributed by atoms with van der Waals surface area (Å²) in [7, 11) is 0. The highest BCUT2D eigenvalue weighted by Gasteiger charge is 2.09. The minimum Gasteiger partial charge on any atom is -0.484 e. The number of aryl methyl sites for hydroxylation is 2. The molecule has 0 aliphatic carbocycles. The zero-order valence-corrected chi connectivity index (χ0v) is 16.6. The fourth-order valence-corrected chi connectivity index (χ4v) is 3.32. The minimum atomic E-state index is -0.0754. The summed E-state index contributed by atoms with van der Waals surface area (Å²) < 4.78 is 7.79. The van der Waals surface area contributed by atoms with Gasteiger partial charge in [0.05, 0.1) is 11.0 Å². The van der Waals surface area contributed by atoms with Crippen LogP contribution in [0.5, 0.6) is 5.75 Å². The molecule has 2 aromatic carbocycles. The van der Waals surface area contributed by atoms with E-state index in [1.807, 2.05) is 36.4 Å². The molecule has 1 N–H and O–H groups in total. The van der Waals surface area contributed by atoms with E-state index in [9.17, 15) is 4.79 Å². The van der Waals surface area contributed by atoms with Gasteiger partial charge in [-0.05, 0) is 43.5 Å². The van der Waals surface area contributed by atoms with Gasteiger partial charge < -0.3 is 14.6 Å². The van der Waals surface area contributed by atoms with Gasteiger partial charge in [-0.3, -0.25) is 4.79 Å². The molecule has 0 saturated heterocycles. The van der Waals surface area contributed by atoms with E-state index in [1.54, 1.807) is 0 Å². The Labute approximate surface area is 166 Å². The van der Waals surface area contributed by atoms with Crippen LogP contribution in [0, 0.1) is 0 Å². The molecule has 0 aliphatic heterocycles. The lowest BCUT2D eigenvalue weighted by atomic mass is 10.2. The highest BCUT2D eigenvalue weighted by molar-refractivity contribution is 5.77. The standard InChI is InChI=1S/C23H29N3O2/c1-2-17-26-21-14-9-8-13-20(21)25-22(26)15-7-4-10-16-24-23(27)18-28-19-11-5-3-6-12-19/h3,5-6,8-9,11-14H,2,4,7,10,15-18H2,1H3,(H,24,27). The molecular formula is C23H29N3O2. The fourth-order valence-electron chi connectivity index (χ4n) is 3.32. The van der Waals surface area contributed by atoms with E-state index in [0.29, 0.717) is 12.3 Å². The molecule has 3 aromatic rings. The van der Waals surface area contributed by atoms with E-state index < -0.39 is 0 Å². The van der Waals surface area contributed by atoms with Gasteiger partial charge in [0.25, 0.3) is 5.91 Å². The molecule has 0 fully saturated rings. The van der Waals surface area contributed by atoms with E-state index in [-0.39, 0.29) is 12.5 Å². The monoisotopic (exact) mass is 379 g/mol. The smallest absolute Gasteiger partial charge is 0.257 e. The molecule has 0 spiro atoms. The third kappa shape index (κ3) is 5.59. The van der Waals surface area contributed by atoms with E-state index in [4.69, 9.17) is 9.72 Å². The van der Waals surface area contributed by atoms with Crippen molar-refractivity contribution in [3.63, 3.8) is 0 Å². The Morgan fingerprint density at radius 1 is 1.04 bits per heavy atom. The molecule has 1 heterocycles. The van der Waals surface area contributed by atoms with Crippen molar-refractivity contribution in [1.82, 2.24) is 14.9 Å².